The molecule has 1 heterocycles. The molecule has 94 valence electrons. The summed E-state index contributed by atoms with van der Waals surface area (Å²) < 4.78 is 17.8. The number of pyridine rings is 1. The second kappa shape index (κ2) is 5.00. The molecule has 0 aliphatic carbocycles. The summed E-state index contributed by atoms with van der Waals surface area (Å²) in [4.78, 5) is 26.0. The van der Waals surface area contributed by atoms with Gasteiger partial charge in [0.1, 0.15) is 5.82 Å². The molecule has 0 unspecified atom stereocenters. The Morgan fingerprint density at radius 1 is 1.39 bits per heavy atom. The van der Waals surface area contributed by atoms with Gasteiger partial charge in [0.2, 0.25) is 0 Å². The van der Waals surface area contributed by atoms with E-state index in [1.807, 2.05) is 0 Å². The molecule has 0 radical (unpaired) electrons. The number of nitrogens with one attached hydrogen (secondary N) is 1. The van der Waals surface area contributed by atoms with Gasteiger partial charge in [-0.2, -0.15) is 0 Å². The van der Waals surface area contributed by atoms with Crippen LogP contribution in [0.2, 0.25) is 0 Å². The maximum Gasteiger partial charge on any atom is 0.311 e. The average Bonchev–Trinajstić information content (AvgIpc) is 2.30. The lowest BCUT2D eigenvalue weighted by molar-refractivity contribution is -0.142. The minimum atomic E-state index is -0.467. The van der Waals surface area contributed by atoms with Crippen LogP contribution in [0.5, 0.6) is 0 Å². The Labute approximate surface area is 102 Å². The zero-order valence-electron chi connectivity index (χ0n) is 9.83. The molecule has 0 atom stereocenters. The predicted octanol–water partition coefficient (Wildman–Crippen LogP) is 1.77. The number of hydrogen-bond donors (Lipinski definition) is 1. The van der Waals surface area contributed by atoms with Crippen molar-refractivity contribution in [3.05, 3.63) is 46.0 Å². The quantitative estimate of drug-likeness (QED) is 0.843. The van der Waals surface area contributed by atoms with Crippen LogP contribution in [-0.2, 0) is 16.0 Å². The summed E-state index contributed by atoms with van der Waals surface area (Å²) in [6.07, 6.45) is -0.00357. The van der Waals surface area contributed by atoms with Gasteiger partial charge < -0.3 is 9.72 Å². The molecular formula is C13H12FNO3. The lowest BCUT2D eigenvalue weighted by atomic mass is 10.1. The molecule has 0 aliphatic heterocycles. The molecule has 0 saturated heterocycles. The first kappa shape index (κ1) is 12.3. The highest BCUT2D eigenvalue weighted by molar-refractivity contribution is 5.79. The van der Waals surface area contributed by atoms with Gasteiger partial charge in [-0.25, -0.2) is 4.39 Å². The molecule has 0 amide bonds. The van der Waals surface area contributed by atoms with Crippen LogP contribution in [0.1, 0.15) is 12.6 Å². The number of halogens is 1. The number of carbonyl (C=O) groups excluding carboxylic acids is 1. The SMILES string of the molecule is CCOC(=O)Cc1cc(=O)c2cc(F)ccc2[nH]1. The van der Waals surface area contributed by atoms with E-state index in [1.165, 1.54) is 24.3 Å². The fourth-order valence-corrected chi connectivity index (χ4v) is 1.74. The van der Waals surface area contributed by atoms with Gasteiger partial charge in [-0.3, -0.25) is 9.59 Å². The number of aromatic amines is 1. The Balaban J connectivity index is 2.40. The zero-order valence-corrected chi connectivity index (χ0v) is 9.83. The molecule has 4 nitrogen and oxygen atoms in total. The van der Waals surface area contributed by atoms with E-state index in [9.17, 15) is 14.0 Å². The number of fused-ring (bicyclic) bond motifs is 1. The van der Waals surface area contributed by atoms with E-state index >= 15 is 0 Å². The number of H-pyrrole nitrogens is 1. The van der Waals surface area contributed by atoms with Crippen molar-refractivity contribution >= 4 is 16.9 Å². The first-order valence-electron chi connectivity index (χ1n) is 5.57. The minimum Gasteiger partial charge on any atom is -0.466 e. The second-order valence-electron chi connectivity index (χ2n) is 3.83. The lowest BCUT2D eigenvalue weighted by Crippen LogP contribution is -2.12. The van der Waals surface area contributed by atoms with E-state index in [4.69, 9.17) is 4.74 Å². The van der Waals surface area contributed by atoms with Gasteiger partial charge in [0, 0.05) is 22.7 Å². The standard InChI is InChI=1S/C13H12FNO3/c1-2-18-13(17)7-9-6-12(16)10-5-8(14)3-4-11(10)15-9/h3-6H,2,7H2,1H3,(H,15,16). The largest absolute Gasteiger partial charge is 0.466 e. The Morgan fingerprint density at radius 2 is 2.17 bits per heavy atom. The Bertz CT molecular complexity index is 648. The Kier molecular flexibility index (Phi) is 3.41. The number of carbonyl (C=O) groups is 1. The topological polar surface area (TPSA) is 59.2 Å². The fourth-order valence-electron chi connectivity index (χ4n) is 1.74. The third-order valence-electron chi connectivity index (χ3n) is 2.49. The first-order valence-corrected chi connectivity index (χ1v) is 5.57. The highest BCUT2D eigenvalue weighted by Crippen LogP contribution is 2.10. The summed E-state index contributed by atoms with van der Waals surface area (Å²) in [5, 5.41) is 0.266. The summed E-state index contributed by atoms with van der Waals surface area (Å²) in [6.45, 7) is 2.01. The van der Waals surface area contributed by atoms with Crippen molar-refractivity contribution in [2.24, 2.45) is 0 Å². The fraction of sp³-hybridized carbons (Fsp3) is 0.231. The van der Waals surface area contributed by atoms with E-state index in [-0.39, 0.29) is 17.2 Å². The highest BCUT2D eigenvalue weighted by Gasteiger charge is 2.08. The van der Waals surface area contributed by atoms with Gasteiger partial charge in [-0.1, -0.05) is 0 Å². The molecule has 2 aromatic rings. The summed E-state index contributed by atoms with van der Waals surface area (Å²) in [5.41, 5.74) is 0.642. The minimum absolute atomic E-state index is 0.00357. The van der Waals surface area contributed by atoms with Crippen molar-refractivity contribution in [1.29, 1.82) is 0 Å². The van der Waals surface area contributed by atoms with Crippen LogP contribution >= 0.6 is 0 Å². The smallest absolute Gasteiger partial charge is 0.311 e. The summed E-state index contributed by atoms with van der Waals surface area (Å²) in [5.74, 6) is -0.874. The maximum atomic E-state index is 13.0. The van der Waals surface area contributed by atoms with Crippen LogP contribution in [0.15, 0.2) is 29.1 Å². The number of ether oxygens (including phenoxy) is 1. The van der Waals surface area contributed by atoms with Crippen molar-refractivity contribution < 1.29 is 13.9 Å². The number of esters is 1. The van der Waals surface area contributed by atoms with Crippen LogP contribution in [0, 0.1) is 5.82 Å². The maximum absolute atomic E-state index is 13.0. The van der Waals surface area contributed by atoms with Crippen LogP contribution in [0.3, 0.4) is 0 Å². The molecule has 0 bridgehead atoms. The van der Waals surface area contributed by atoms with Gasteiger partial charge in [0.15, 0.2) is 5.43 Å². The van der Waals surface area contributed by atoms with E-state index in [0.29, 0.717) is 17.8 Å². The van der Waals surface area contributed by atoms with Gasteiger partial charge in [-0.05, 0) is 25.1 Å². The van der Waals surface area contributed by atoms with E-state index < -0.39 is 11.8 Å². The third kappa shape index (κ3) is 2.56. The van der Waals surface area contributed by atoms with Crippen molar-refractivity contribution in [2.45, 2.75) is 13.3 Å². The summed E-state index contributed by atoms with van der Waals surface area (Å²) >= 11 is 0. The van der Waals surface area contributed by atoms with Gasteiger partial charge in [-0.15, -0.1) is 0 Å². The van der Waals surface area contributed by atoms with E-state index in [0.717, 1.165) is 0 Å². The number of hydrogen-bond acceptors (Lipinski definition) is 3. The molecule has 18 heavy (non-hydrogen) atoms. The molecule has 1 aromatic carbocycles. The van der Waals surface area contributed by atoms with Gasteiger partial charge in [0.25, 0.3) is 0 Å². The molecule has 1 aromatic heterocycles. The molecule has 1 N–H and O–H groups in total. The average molecular weight is 249 g/mol. The Hall–Kier alpha value is -2.17. The van der Waals surface area contributed by atoms with Gasteiger partial charge in [0.05, 0.1) is 13.0 Å². The van der Waals surface area contributed by atoms with E-state index in [1.54, 1.807) is 6.92 Å². The molecular weight excluding hydrogens is 237 g/mol. The molecule has 2 rings (SSSR count). The Morgan fingerprint density at radius 3 is 2.89 bits per heavy atom. The highest BCUT2D eigenvalue weighted by atomic mass is 19.1. The number of rotatable bonds is 3. The first-order chi connectivity index (χ1) is 8.60. The van der Waals surface area contributed by atoms with E-state index in [2.05, 4.69) is 4.98 Å². The number of aromatic nitrogens is 1. The molecule has 5 heteroatoms. The van der Waals surface area contributed by atoms with Crippen molar-refractivity contribution in [3.8, 4) is 0 Å². The lowest BCUT2D eigenvalue weighted by Gasteiger charge is -2.04. The molecule has 0 spiro atoms. The van der Waals surface area contributed by atoms with Crippen molar-refractivity contribution in [1.82, 2.24) is 4.98 Å². The summed E-state index contributed by atoms with van der Waals surface area (Å²) in [7, 11) is 0. The summed E-state index contributed by atoms with van der Waals surface area (Å²) in [6, 6.07) is 5.19. The molecule has 0 fully saturated rings. The molecule has 0 aliphatic rings. The molecule has 0 saturated carbocycles. The monoisotopic (exact) mass is 249 g/mol. The zero-order chi connectivity index (χ0) is 13.1. The van der Waals surface area contributed by atoms with Crippen molar-refractivity contribution in [3.63, 3.8) is 0 Å². The van der Waals surface area contributed by atoms with Crippen LogP contribution in [0.4, 0.5) is 4.39 Å². The third-order valence-corrected chi connectivity index (χ3v) is 2.49. The predicted molar refractivity (Wildman–Crippen MR) is 64.9 cm³/mol. The second-order valence-corrected chi connectivity index (χ2v) is 3.83. The van der Waals surface area contributed by atoms with Gasteiger partial charge >= 0.3 is 5.97 Å². The number of benzene rings is 1. The normalized spacial score (nSPS) is 10.6. The van der Waals surface area contributed by atoms with Crippen LogP contribution < -0.4 is 5.43 Å². The van der Waals surface area contributed by atoms with Crippen LogP contribution in [-0.4, -0.2) is 17.6 Å². The van der Waals surface area contributed by atoms with Crippen LogP contribution in [0.25, 0.3) is 10.9 Å². The van der Waals surface area contributed by atoms with Crippen molar-refractivity contribution in [2.75, 3.05) is 6.61 Å².